The predicted molar refractivity (Wildman–Crippen MR) is 23.3 cm³/mol. The molecule has 0 unspecified atom stereocenters. The van der Waals surface area contributed by atoms with Crippen LogP contribution in [0.5, 0.6) is 0 Å². The second-order valence-electron chi connectivity index (χ2n) is 0.214. The fraction of sp³-hybridized carbons (Fsp3) is 0. The molecule has 25 valence electrons. The molecule has 0 bridgehead atoms. The van der Waals surface area contributed by atoms with Gasteiger partial charge in [0.2, 0.25) is 0 Å². The second-order valence-corrected chi connectivity index (χ2v) is 16.9. The van der Waals surface area contributed by atoms with Gasteiger partial charge in [-0.15, -0.1) is 0 Å². The van der Waals surface area contributed by atoms with Gasteiger partial charge in [0.25, 0.3) is 0 Å². The Labute approximate surface area is 43.6 Å². The van der Waals surface area contributed by atoms with Gasteiger partial charge in [0, 0.05) is 0 Å². The third-order valence-corrected chi connectivity index (χ3v) is 0. The molecule has 4 heteroatoms. The molecule has 0 aromatic carbocycles. The molecule has 0 rings (SSSR count). The summed E-state index contributed by atoms with van der Waals surface area (Å²) in [7, 11) is 15.1. The van der Waals surface area contributed by atoms with E-state index in [9.17, 15) is 0 Å². The maximum atomic E-state index is 5.02. The molecule has 0 aromatic rings. The van der Waals surface area contributed by atoms with Crippen molar-refractivity contribution >= 4 is 44.0 Å². The fourth-order valence-electron chi connectivity index (χ4n) is 0. The summed E-state index contributed by atoms with van der Waals surface area (Å²) in [5.74, 6) is 0. The van der Waals surface area contributed by atoms with E-state index in [4.69, 9.17) is 24.9 Å². The first-order chi connectivity index (χ1) is 1.73. The van der Waals surface area contributed by atoms with E-state index in [1.165, 1.54) is 0 Å². The molecule has 0 fully saturated rings. The molecule has 0 N–H and O–H groups in total. The zero-order chi connectivity index (χ0) is 3.58. The van der Waals surface area contributed by atoms with Crippen LogP contribution in [0, 0.1) is 0 Å². The summed E-state index contributed by atoms with van der Waals surface area (Å²) in [6, 6.07) is 0. The maximum absolute atomic E-state index is 5.02. The van der Waals surface area contributed by atoms with Gasteiger partial charge in [-0.25, -0.2) is 0 Å². The Morgan fingerprint density at radius 1 is 1.00 bits per heavy atom. The minimum atomic E-state index is -2.24. The Hall–Kier alpha value is 1.79. The van der Waals surface area contributed by atoms with E-state index in [2.05, 4.69) is 0 Å². The van der Waals surface area contributed by atoms with Crippen molar-refractivity contribution in [3.8, 4) is 0 Å². The third-order valence-electron chi connectivity index (χ3n) is 0. The number of hydrogen-bond donors (Lipinski definition) is 0. The normalized spacial score (nSPS) is 9.00. The van der Waals surface area contributed by atoms with E-state index in [0.29, 0.717) is 0 Å². The first kappa shape index (κ1) is 5.79. The van der Waals surface area contributed by atoms with Crippen molar-refractivity contribution < 1.29 is 0 Å². The van der Waals surface area contributed by atoms with Gasteiger partial charge in [-0.3, -0.25) is 0 Å². The fourth-order valence-corrected chi connectivity index (χ4v) is 0. The minimum absolute atomic E-state index is 2.24. The van der Waals surface area contributed by atoms with Gasteiger partial charge in [-0.05, 0) is 0 Å². The van der Waals surface area contributed by atoms with Crippen molar-refractivity contribution in [3.63, 3.8) is 0 Å². The summed E-state index contributed by atoms with van der Waals surface area (Å²) in [5, 5.41) is 0. The van der Waals surface area contributed by atoms with Crippen LogP contribution < -0.4 is 0 Å². The summed E-state index contributed by atoms with van der Waals surface area (Å²) in [6.45, 7) is 0. The molecule has 0 aliphatic heterocycles. The van der Waals surface area contributed by atoms with Crippen molar-refractivity contribution in [3.05, 3.63) is 0 Å². The van der Waals surface area contributed by atoms with Crippen molar-refractivity contribution in [1.82, 2.24) is 0 Å². The predicted octanol–water partition coefficient (Wildman–Crippen LogP) is 1.69. The summed E-state index contributed by atoms with van der Waals surface area (Å²) >= 11 is -2.24. The van der Waals surface area contributed by atoms with Crippen LogP contribution in [-0.2, 0) is 0 Å². The first-order valence-electron chi connectivity index (χ1n) is 0.567. The van der Waals surface area contributed by atoms with Gasteiger partial charge in [-0.2, -0.15) is 0 Å². The van der Waals surface area contributed by atoms with Crippen LogP contribution in [0.3, 0.4) is 0 Å². The Kier molecular flexibility index (Phi) is 4.35. The molecule has 0 aliphatic carbocycles. The monoisotopic (exact) mass is 313 g/mol. The molecule has 0 heterocycles. The van der Waals surface area contributed by atoms with Crippen molar-refractivity contribution in [2.75, 3.05) is 0 Å². The Balaban J connectivity index is 2.32. The van der Waals surface area contributed by atoms with Gasteiger partial charge in [0.05, 0.1) is 0 Å². The SMILES string of the molecule is [Cl][Pb]([Cl])[Cl]. The van der Waals surface area contributed by atoms with Gasteiger partial charge < -0.3 is 0 Å². The molecular weight excluding hydrogens is 314 g/mol. The summed E-state index contributed by atoms with van der Waals surface area (Å²) in [5.41, 5.74) is 0. The van der Waals surface area contributed by atoms with Crippen LogP contribution in [-0.4, -0.2) is 19.0 Å². The number of halogens is 3. The van der Waals surface area contributed by atoms with Crippen molar-refractivity contribution in [1.29, 1.82) is 0 Å². The zero-order valence-corrected chi connectivity index (χ0v) is 7.79. The van der Waals surface area contributed by atoms with Gasteiger partial charge in [-0.1, -0.05) is 0 Å². The van der Waals surface area contributed by atoms with Crippen molar-refractivity contribution in [2.24, 2.45) is 0 Å². The average molecular weight is 314 g/mol. The molecule has 0 saturated heterocycles. The van der Waals surface area contributed by atoms with E-state index < -0.39 is 19.0 Å². The Bertz CT molecular complexity index is 8.00. The van der Waals surface area contributed by atoms with Crippen LogP contribution in [0.15, 0.2) is 0 Å². The van der Waals surface area contributed by atoms with Crippen LogP contribution in [0.4, 0.5) is 0 Å². The van der Waals surface area contributed by atoms with Gasteiger partial charge in [0.1, 0.15) is 0 Å². The first-order valence-corrected chi connectivity index (χ1v) is 14.9. The molecule has 0 nitrogen and oxygen atoms in total. The van der Waals surface area contributed by atoms with Gasteiger partial charge >= 0.3 is 44.0 Å². The molecule has 0 spiro atoms. The topological polar surface area (TPSA) is 0 Å². The van der Waals surface area contributed by atoms with Crippen LogP contribution in [0.1, 0.15) is 0 Å². The van der Waals surface area contributed by atoms with E-state index >= 15 is 0 Å². The molecule has 0 saturated carbocycles. The summed E-state index contributed by atoms with van der Waals surface area (Å²) in [4.78, 5) is 0. The van der Waals surface area contributed by atoms with Crippen LogP contribution in [0.2, 0.25) is 0 Å². The standard InChI is InChI=1S/3ClH.Pb/h3*1H;/q;;;+3/p-3. The Morgan fingerprint density at radius 2 is 1.00 bits per heavy atom. The number of hydrogen-bond acceptors (Lipinski definition) is 0. The molecule has 0 aromatic heterocycles. The molecule has 4 heavy (non-hydrogen) atoms. The van der Waals surface area contributed by atoms with E-state index in [-0.39, 0.29) is 0 Å². The van der Waals surface area contributed by atoms with Crippen LogP contribution in [0.25, 0.3) is 0 Å². The molecule has 1 radical (unpaired) electrons. The van der Waals surface area contributed by atoms with Gasteiger partial charge in [0.15, 0.2) is 0 Å². The third kappa shape index (κ3) is 9.20. The van der Waals surface area contributed by atoms with Crippen molar-refractivity contribution in [2.45, 2.75) is 0 Å². The quantitative estimate of drug-likeness (QED) is 0.597. The zero-order valence-electron chi connectivity index (χ0n) is 1.63. The van der Waals surface area contributed by atoms with Crippen LogP contribution >= 0.6 is 24.9 Å². The Morgan fingerprint density at radius 3 is 1.00 bits per heavy atom. The second kappa shape index (κ2) is 3.00. The van der Waals surface area contributed by atoms with E-state index in [1.807, 2.05) is 0 Å². The van der Waals surface area contributed by atoms with E-state index in [0.717, 1.165) is 0 Å². The molecule has 0 amide bonds. The number of rotatable bonds is 0. The summed E-state index contributed by atoms with van der Waals surface area (Å²) < 4.78 is 0. The van der Waals surface area contributed by atoms with E-state index in [1.54, 1.807) is 0 Å². The molecule has 0 atom stereocenters. The molecular formula is Cl3Pb. The molecule has 0 aliphatic rings. The average Bonchev–Trinajstić information content (AvgIpc) is 0.811. The summed E-state index contributed by atoms with van der Waals surface area (Å²) in [6.07, 6.45) is 0.